The van der Waals surface area contributed by atoms with Gasteiger partial charge in [0.2, 0.25) is 5.91 Å². The van der Waals surface area contributed by atoms with Gasteiger partial charge in [-0.25, -0.2) is 0 Å². The number of benzene rings is 1. The second-order valence-electron chi connectivity index (χ2n) is 5.23. The first-order valence-corrected chi connectivity index (χ1v) is 7.08. The van der Waals surface area contributed by atoms with Gasteiger partial charge in [0.15, 0.2) is 6.29 Å². The fourth-order valence-corrected chi connectivity index (χ4v) is 2.37. The average molecular weight is 311 g/mol. The highest BCUT2D eigenvalue weighted by Crippen LogP contribution is 2.23. The van der Waals surface area contributed by atoms with Crippen LogP contribution in [-0.4, -0.2) is 58.5 Å². The summed E-state index contributed by atoms with van der Waals surface area (Å²) in [6, 6.07) is 8.42. The second kappa shape index (κ2) is 7.66. The van der Waals surface area contributed by atoms with Crippen molar-refractivity contribution in [2.24, 2.45) is 0 Å². The normalized spacial score (nSPS) is 31.7. The Morgan fingerprint density at radius 1 is 1.27 bits per heavy atom. The third-order valence-electron chi connectivity index (χ3n) is 3.51. The number of nitrogens with one attached hydrogen (secondary N) is 1. The summed E-state index contributed by atoms with van der Waals surface area (Å²) in [4.78, 5) is 11.3. The van der Waals surface area contributed by atoms with E-state index in [-0.39, 0.29) is 12.5 Å². The zero-order valence-electron chi connectivity index (χ0n) is 12.3. The van der Waals surface area contributed by atoms with Crippen molar-refractivity contribution < 1.29 is 29.6 Å². The van der Waals surface area contributed by atoms with E-state index in [0.29, 0.717) is 0 Å². The fourth-order valence-electron chi connectivity index (χ4n) is 2.37. The van der Waals surface area contributed by atoms with E-state index < -0.39 is 37.3 Å². The highest BCUT2D eigenvalue weighted by Gasteiger charge is 2.45. The molecule has 1 heterocycles. The molecule has 5 atom stereocenters. The van der Waals surface area contributed by atoms with Crippen LogP contribution in [0.25, 0.3) is 0 Å². The molecule has 0 spiro atoms. The first-order valence-electron chi connectivity index (χ1n) is 7.08. The van der Waals surface area contributed by atoms with Crippen LogP contribution in [0.5, 0.6) is 0 Å². The number of ether oxygens (including phenoxy) is 2. The lowest BCUT2D eigenvalue weighted by atomic mass is 9.97. The van der Waals surface area contributed by atoms with Crippen LogP contribution in [0.2, 0.25) is 0 Å². The van der Waals surface area contributed by atoms with E-state index in [1.54, 1.807) is 0 Å². The van der Waals surface area contributed by atoms with E-state index >= 15 is 0 Å². The maximum Gasteiger partial charge on any atom is 0.217 e. The van der Waals surface area contributed by atoms with Gasteiger partial charge < -0.3 is 30.1 Å². The summed E-state index contributed by atoms with van der Waals surface area (Å²) in [5.74, 6) is -0.379. The molecule has 1 aromatic carbocycles. The molecule has 0 radical (unpaired) electrons. The third kappa shape index (κ3) is 4.02. The first kappa shape index (κ1) is 16.9. The van der Waals surface area contributed by atoms with Crippen LogP contribution in [0, 0.1) is 0 Å². The summed E-state index contributed by atoms with van der Waals surface area (Å²) in [6.07, 6.45) is -4.55. The lowest BCUT2D eigenvalue weighted by molar-refractivity contribution is -0.273. The Morgan fingerprint density at radius 2 is 1.95 bits per heavy atom. The molecule has 4 N–H and O–H groups in total. The maximum absolute atomic E-state index is 11.3. The molecular formula is C15H21NO6. The van der Waals surface area contributed by atoms with E-state index in [2.05, 4.69) is 5.32 Å². The molecule has 2 rings (SSSR count). The molecule has 1 aromatic rings. The Balaban J connectivity index is 2.07. The topological polar surface area (TPSA) is 108 Å². The molecule has 1 aliphatic heterocycles. The Labute approximate surface area is 128 Å². The highest BCUT2D eigenvalue weighted by molar-refractivity contribution is 5.73. The molecule has 1 aliphatic rings. The van der Waals surface area contributed by atoms with Crippen LogP contribution < -0.4 is 5.32 Å². The molecule has 122 valence electrons. The average Bonchev–Trinajstić information content (AvgIpc) is 2.52. The molecule has 7 heteroatoms. The molecule has 0 aromatic heterocycles. The second-order valence-corrected chi connectivity index (χ2v) is 5.23. The Hall–Kier alpha value is -1.51. The van der Waals surface area contributed by atoms with Gasteiger partial charge in [0.1, 0.15) is 24.4 Å². The summed E-state index contributed by atoms with van der Waals surface area (Å²) < 4.78 is 11.1. The van der Waals surface area contributed by atoms with Gasteiger partial charge >= 0.3 is 0 Å². The zero-order chi connectivity index (χ0) is 16.1. The standard InChI is InChI=1S/C15H21NO6/c1-9(18)16-12-14(20)13(19)11(7-17)22-15(12)21-8-10-5-3-2-4-6-10/h2-6,11-15,17,19-20H,7-8H2,1H3,(H,16,18)/t11-,12-,13+,14+,15+/m0/s1. The highest BCUT2D eigenvalue weighted by atomic mass is 16.7. The summed E-state index contributed by atoms with van der Waals surface area (Å²) in [7, 11) is 0. The molecule has 1 fully saturated rings. The van der Waals surface area contributed by atoms with Gasteiger partial charge in [-0.1, -0.05) is 30.3 Å². The first-order chi connectivity index (χ1) is 10.5. The SMILES string of the molecule is CC(=O)N[C@@H]1[C@H](OCc2ccccc2)O[C@@H](CO)[C@@H](O)[C@@H]1O. The molecule has 22 heavy (non-hydrogen) atoms. The summed E-state index contributed by atoms with van der Waals surface area (Å²) in [5.41, 5.74) is 0.897. The summed E-state index contributed by atoms with van der Waals surface area (Å²) in [5, 5.41) is 31.7. The Bertz CT molecular complexity index is 482. The van der Waals surface area contributed by atoms with Gasteiger partial charge in [0.25, 0.3) is 0 Å². The van der Waals surface area contributed by atoms with Crippen molar-refractivity contribution in [2.75, 3.05) is 6.61 Å². The molecule has 0 saturated carbocycles. The van der Waals surface area contributed by atoms with Crippen molar-refractivity contribution in [3.8, 4) is 0 Å². The Morgan fingerprint density at radius 3 is 2.55 bits per heavy atom. The lowest BCUT2D eigenvalue weighted by Gasteiger charge is -2.42. The zero-order valence-corrected chi connectivity index (χ0v) is 12.3. The minimum absolute atomic E-state index is 0.211. The van der Waals surface area contributed by atoms with Gasteiger partial charge in [0.05, 0.1) is 13.2 Å². The van der Waals surface area contributed by atoms with Crippen molar-refractivity contribution >= 4 is 5.91 Å². The molecule has 0 aliphatic carbocycles. The van der Waals surface area contributed by atoms with Crippen LogP contribution in [-0.2, 0) is 20.9 Å². The largest absolute Gasteiger partial charge is 0.394 e. The molecule has 0 unspecified atom stereocenters. The predicted molar refractivity (Wildman–Crippen MR) is 76.6 cm³/mol. The molecular weight excluding hydrogens is 290 g/mol. The van der Waals surface area contributed by atoms with Gasteiger partial charge in [0, 0.05) is 6.92 Å². The van der Waals surface area contributed by atoms with Crippen LogP contribution in [0.3, 0.4) is 0 Å². The Kier molecular flexibility index (Phi) is 5.87. The van der Waals surface area contributed by atoms with Gasteiger partial charge in [-0.15, -0.1) is 0 Å². The number of carbonyl (C=O) groups is 1. The van der Waals surface area contributed by atoms with Crippen molar-refractivity contribution in [2.45, 2.75) is 44.2 Å². The predicted octanol–water partition coefficient (Wildman–Crippen LogP) is -0.853. The monoisotopic (exact) mass is 311 g/mol. The van der Waals surface area contributed by atoms with E-state index in [9.17, 15) is 20.1 Å². The van der Waals surface area contributed by atoms with E-state index in [1.165, 1.54) is 6.92 Å². The lowest BCUT2D eigenvalue weighted by Crippen LogP contribution is -2.64. The minimum atomic E-state index is -1.31. The van der Waals surface area contributed by atoms with Gasteiger partial charge in [-0.2, -0.15) is 0 Å². The van der Waals surface area contributed by atoms with Crippen molar-refractivity contribution in [1.29, 1.82) is 0 Å². The molecule has 0 bridgehead atoms. The number of rotatable bonds is 5. The van der Waals surface area contributed by atoms with Crippen LogP contribution in [0.4, 0.5) is 0 Å². The number of aliphatic hydroxyl groups excluding tert-OH is 3. The van der Waals surface area contributed by atoms with E-state index in [0.717, 1.165) is 5.56 Å². The van der Waals surface area contributed by atoms with E-state index in [1.807, 2.05) is 30.3 Å². The maximum atomic E-state index is 11.3. The van der Waals surface area contributed by atoms with Gasteiger partial charge in [-0.3, -0.25) is 4.79 Å². The van der Waals surface area contributed by atoms with Crippen LogP contribution >= 0.6 is 0 Å². The number of hydrogen-bond donors (Lipinski definition) is 4. The fraction of sp³-hybridized carbons (Fsp3) is 0.533. The molecule has 7 nitrogen and oxygen atoms in total. The van der Waals surface area contributed by atoms with Crippen molar-refractivity contribution in [3.63, 3.8) is 0 Å². The summed E-state index contributed by atoms with van der Waals surface area (Å²) in [6.45, 7) is 1.05. The summed E-state index contributed by atoms with van der Waals surface area (Å²) >= 11 is 0. The van der Waals surface area contributed by atoms with Crippen molar-refractivity contribution in [1.82, 2.24) is 5.32 Å². The number of amides is 1. The molecule has 1 saturated heterocycles. The van der Waals surface area contributed by atoms with Crippen LogP contribution in [0.1, 0.15) is 12.5 Å². The third-order valence-corrected chi connectivity index (χ3v) is 3.51. The smallest absolute Gasteiger partial charge is 0.217 e. The minimum Gasteiger partial charge on any atom is -0.394 e. The number of carbonyl (C=O) groups excluding carboxylic acids is 1. The van der Waals surface area contributed by atoms with Crippen LogP contribution in [0.15, 0.2) is 30.3 Å². The quantitative estimate of drug-likeness (QED) is 0.564. The molecule has 1 amide bonds. The van der Waals surface area contributed by atoms with Gasteiger partial charge in [-0.05, 0) is 5.56 Å². The van der Waals surface area contributed by atoms with E-state index in [4.69, 9.17) is 9.47 Å². The van der Waals surface area contributed by atoms with Crippen molar-refractivity contribution in [3.05, 3.63) is 35.9 Å². The number of aliphatic hydroxyl groups is 3. The number of hydrogen-bond acceptors (Lipinski definition) is 6.